The van der Waals surface area contributed by atoms with E-state index in [2.05, 4.69) is 37.4 Å². The van der Waals surface area contributed by atoms with Crippen LogP contribution in [0.5, 0.6) is 0 Å². The highest BCUT2D eigenvalue weighted by Gasteiger charge is 2.35. The summed E-state index contributed by atoms with van der Waals surface area (Å²) < 4.78 is 10.6. The number of rotatable bonds is 5. The van der Waals surface area contributed by atoms with Crippen molar-refractivity contribution in [3.8, 4) is 0 Å². The van der Waals surface area contributed by atoms with Crippen molar-refractivity contribution < 1.29 is 9.26 Å². The normalized spacial score (nSPS) is 19.7. The van der Waals surface area contributed by atoms with Crippen LogP contribution in [0.15, 0.2) is 46.1 Å². The Morgan fingerprint density at radius 1 is 1.19 bits per heavy atom. The number of nitrogens with zero attached hydrogens (tertiary/aromatic N) is 4. The van der Waals surface area contributed by atoms with Crippen LogP contribution >= 0.6 is 35.6 Å². The molecule has 31 heavy (non-hydrogen) atoms. The van der Waals surface area contributed by atoms with Crippen molar-refractivity contribution in [3.05, 3.63) is 52.9 Å². The van der Waals surface area contributed by atoms with Gasteiger partial charge in [0.05, 0.1) is 5.69 Å². The van der Waals surface area contributed by atoms with Crippen LogP contribution in [0, 0.1) is 0 Å². The van der Waals surface area contributed by atoms with Gasteiger partial charge in [0.1, 0.15) is 6.26 Å². The molecule has 0 spiro atoms. The number of hydrogen-bond acceptors (Lipinski definition) is 5. The van der Waals surface area contributed by atoms with Gasteiger partial charge in [0, 0.05) is 76.0 Å². The van der Waals surface area contributed by atoms with Gasteiger partial charge in [0.15, 0.2) is 5.96 Å². The Morgan fingerprint density at radius 3 is 2.61 bits per heavy atom. The average Bonchev–Trinajstić information content (AvgIpc) is 3.29. The van der Waals surface area contributed by atoms with Gasteiger partial charge < -0.3 is 19.5 Å². The lowest BCUT2D eigenvalue weighted by Crippen LogP contribution is -2.54. The molecule has 2 saturated heterocycles. The first kappa shape index (κ1) is 24.3. The van der Waals surface area contributed by atoms with Crippen LogP contribution in [-0.2, 0) is 16.7 Å². The Hall–Kier alpha value is -1.36. The zero-order valence-corrected chi connectivity index (χ0v) is 21.0. The van der Waals surface area contributed by atoms with Gasteiger partial charge in [0.25, 0.3) is 0 Å². The monoisotopic (exact) mass is 559 g/mol. The van der Waals surface area contributed by atoms with E-state index in [1.54, 1.807) is 6.26 Å². The minimum absolute atomic E-state index is 0. The van der Waals surface area contributed by atoms with Crippen LogP contribution in [-0.4, -0.2) is 73.9 Å². The van der Waals surface area contributed by atoms with Crippen LogP contribution in [0.25, 0.3) is 0 Å². The third-order valence-electron chi connectivity index (χ3n) is 6.23. The van der Waals surface area contributed by atoms with Gasteiger partial charge in [-0.05, 0) is 30.5 Å². The number of hydrogen-bond donors (Lipinski definition) is 1. The number of piperazine rings is 1. The van der Waals surface area contributed by atoms with Crippen molar-refractivity contribution >= 4 is 41.5 Å². The van der Waals surface area contributed by atoms with Gasteiger partial charge in [-0.15, -0.1) is 24.0 Å². The first-order valence-corrected chi connectivity index (χ1v) is 11.0. The molecule has 7 nitrogen and oxygen atoms in total. The second-order valence-corrected chi connectivity index (χ2v) is 8.49. The Labute approximate surface area is 206 Å². The highest BCUT2D eigenvalue weighted by molar-refractivity contribution is 14.0. The van der Waals surface area contributed by atoms with Gasteiger partial charge >= 0.3 is 0 Å². The third-order valence-corrected chi connectivity index (χ3v) is 6.47. The van der Waals surface area contributed by atoms with Crippen LogP contribution in [0.1, 0.15) is 24.1 Å². The number of guanidine groups is 1. The summed E-state index contributed by atoms with van der Waals surface area (Å²) in [4.78, 5) is 9.30. The first-order valence-electron chi connectivity index (χ1n) is 10.6. The predicted molar refractivity (Wildman–Crippen MR) is 133 cm³/mol. The lowest BCUT2D eigenvalue weighted by Gasteiger charge is -2.40. The van der Waals surface area contributed by atoms with Crippen LogP contribution < -0.4 is 5.32 Å². The van der Waals surface area contributed by atoms with E-state index >= 15 is 0 Å². The molecule has 0 aliphatic carbocycles. The van der Waals surface area contributed by atoms with Crippen LogP contribution in [0.3, 0.4) is 0 Å². The summed E-state index contributed by atoms with van der Waals surface area (Å²) in [5.74, 6) is 0.962. The molecule has 3 heterocycles. The molecule has 2 fully saturated rings. The molecule has 2 aliphatic rings. The highest BCUT2D eigenvalue weighted by atomic mass is 127. The fourth-order valence-corrected chi connectivity index (χ4v) is 4.58. The Balaban J connectivity index is 0.00000272. The van der Waals surface area contributed by atoms with Crippen molar-refractivity contribution in [2.45, 2.75) is 24.8 Å². The largest absolute Gasteiger partial charge is 0.381 e. The Bertz CT molecular complexity index is 834. The molecule has 0 atom stereocenters. The van der Waals surface area contributed by atoms with E-state index < -0.39 is 0 Å². The van der Waals surface area contributed by atoms with Crippen molar-refractivity contribution in [1.29, 1.82) is 0 Å². The van der Waals surface area contributed by atoms with Crippen molar-refractivity contribution in [3.63, 3.8) is 0 Å². The van der Waals surface area contributed by atoms with Gasteiger partial charge in [-0.2, -0.15) is 0 Å². The molecule has 4 rings (SSSR count). The number of aromatic nitrogens is 1. The lowest BCUT2D eigenvalue weighted by atomic mass is 9.74. The van der Waals surface area contributed by atoms with Gasteiger partial charge in [-0.3, -0.25) is 9.89 Å². The maximum atomic E-state index is 6.30. The minimum Gasteiger partial charge on any atom is -0.381 e. The molecule has 170 valence electrons. The number of halogens is 2. The van der Waals surface area contributed by atoms with Crippen LogP contribution in [0.4, 0.5) is 0 Å². The average molecular weight is 560 g/mol. The first-order chi connectivity index (χ1) is 14.7. The van der Waals surface area contributed by atoms with Crippen LogP contribution in [0.2, 0.25) is 5.02 Å². The van der Waals surface area contributed by atoms with E-state index in [-0.39, 0.29) is 29.4 Å². The van der Waals surface area contributed by atoms with E-state index in [0.29, 0.717) is 0 Å². The number of aliphatic imine (C=N–C) groups is 1. The fraction of sp³-hybridized carbons (Fsp3) is 0.545. The molecule has 0 radical (unpaired) electrons. The molecule has 9 heteroatoms. The molecule has 0 saturated carbocycles. The molecular weight excluding hydrogens is 529 g/mol. The quantitative estimate of drug-likeness (QED) is 0.344. The summed E-state index contributed by atoms with van der Waals surface area (Å²) in [5, 5.41) is 8.46. The fourth-order valence-electron chi connectivity index (χ4n) is 4.39. The molecule has 0 amide bonds. The summed E-state index contributed by atoms with van der Waals surface area (Å²) in [7, 11) is 1.86. The third kappa shape index (κ3) is 6.12. The van der Waals surface area contributed by atoms with Crippen molar-refractivity contribution in [2.75, 3.05) is 53.0 Å². The van der Waals surface area contributed by atoms with E-state index in [1.165, 1.54) is 5.56 Å². The molecule has 2 aliphatic heterocycles. The maximum Gasteiger partial charge on any atom is 0.193 e. The molecule has 1 aromatic heterocycles. The molecule has 2 aromatic rings. The van der Waals surface area contributed by atoms with E-state index in [9.17, 15) is 0 Å². The minimum atomic E-state index is 0. The topological polar surface area (TPSA) is 66.1 Å². The SMILES string of the molecule is CN=C(NCC1(c2cccc(Cl)c2)CCOCC1)N1CCN(Cc2ccon2)CC1.I. The van der Waals surface area contributed by atoms with E-state index in [0.717, 1.165) is 82.0 Å². The Kier molecular flexibility index (Phi) is 9.00. The smallest absolute Gasteiger partial charge is 0.193 e. The van der Waals surface area contributed by atoms with Gasteiger partial charge in [-0.1, -0.05) is 28.9 Å². The molecule has 0 bridgehead atoms. The van der Waals surface area contributed by atoms with Crippen molar-refractivity contribution in [2.24, 2.45) is 4.99 Å². The summed E-state index contributed by atoms with van der Waals surface area (Å²) in [5.41, 5.74) is 2.26. The number of nitrogens with one attached hydrogen (secondary N) is 1. The summed E-state index contributed by atoms with van der Waals surface area (Å²) in [6.45, 7) is 7.01. The molecular formula is C22H31ClIN5O2. The second kappa shape index (κ2) is 11.5. The summed E-state index contributed by atoms with van der Waals surface area (Å²) in [6.07, 6.45) is 3.58. The maximum absolute atomic E-state index is 6.30. The summed E-state index contributed by atoms with van der Waals surface area (Å²) >= 11 is 6.30. The summed E-state index contributed by atoms with van der Waals surface area (Å²) in [6, 6.07) is 10.2. The van der Waals surface area contributed by atoms with Gasteiger partial charge in [0.2, 0.25) is 0 Å². The second-order valence-electron chi connectivity index (χ2n) is 8.06. The van der Waals surface area contributed by atoms with E-state index in [1.807, 2.05) is 25.2 Å². The Morgan fingerprint density at radius 2 is 1.97 bits per heavy atom. The number of benzene rings is 1. The standard InChI is InChI=1S/C22H30ClN5O2.HI/c1-24-21(28-10-8-27(9-11-28)16-20-5-12-30-26-20)25-17-22(6-13-29-14-7-22)18-3-2-4-19(23)15-18;/h2-5,12,15H,6-11,13-14,16-17H2,1H3,(H,24,25);1H. The zero-order chi connectivity index (χ0) is 20.8. The van der Waals surface area contributed by atoms with E-state index in [4.69, 9.17) is 20.9 Å². The molecule has 1 aromatic carbocycles. The zero-order valence-electron chi connectivity index (χ0n) is 17.9. The van der Waals surface area contributed by atoms with Crippen molar-refractivity contribution in [1.82, 2.24) is 20.3 Å². The lowest BCUT2D eigenvalue weighted by molar-refractivity contribution is 0.0510. The molecule has 0 unspecified atom stereocenters. The number of ether oxygens (including phenoxy) is 1. The predicted octanol–water partition coefficient (Wildman–Crippen LogP) is 3.39. The van der Waals surface area contributed by atoms with Gasteiger partial charge in [-0.25, -0.2) is 0 Å². The molecule has 1 N–H and O–H groups in total. The highest BCUT2D eigenvalue weighted by Crippen LogP contribution is 2.35.